The van der Waals surface area contributed by atoms with E-state index in [9.17, 15) is 0 Å². The average molecular weight is 177 g/mol. The molecule has 2 nitrogen and oxygen atoms in total. The van der Waals surface area contributed by atoms with Gasteiger partial charge >= 0.3 is 0 Å². The summed E-state index contributed by atoms with van der Waals surface area (Å²) >= 11 is 0. The number of hydrogen-bond donors (Lipinski definition) is 2. The molecule has 1 aromatic carbocycles. The second-order valence-electron chi connectivity index (χ2n) is 3.73. The zero-order valence-corrected chi connectivity index (χ0v) is 7.61. The van der Waals surface area contributed by atoms with Crippen LogP contribution in [0.5, 0.6) is 0 Å². The minimum absolute atomic E-state index is 0.0166. The maximum atomic E-state index is 8.85. The van der Waals surface area contributed by atoms with Gasteiger partial charge in [0.05, 0.1) is 12.6 Å². The van der Waals surface area contributed by atoms with Crippen molar-refractivity contribution < 1.29 is 5.11 Å². The van der Waals surface area contributed by atoms with Gasteiger partial charge in [0.15, 0.2) is 0 Å². The molecule has 1 fully saturated rings. The number of aliphatic hydroxyl groups is 1. The van der Waals surface area contributed by atoms with Gasteiger partial charge in [-0.05, 0) is 29.9 Å². The summed E-state index contributed by atoms with van der Waals surface area (Å²) in [6, 6.07) is 8.07. The molecule has 0 aromatic heterocycles. The maximum absolute atomic E-state index is 8.85. The number of rotatable bonds is 3. The highest BCUT2D eigenvalue weighted by molar-refractivity contribution is 5.29. The molecule has 3 N–H and O–H groups in total. The van der Waals surface area contributed by atoms with E-state index >= 15 is 0 Å². The van der Waals surface area contributed by atoms with Crippen LogP contribution in [-0.4, -0.2) is 11.7 Å². The number of hydrogen-bond acceptors (Lipinski definition) is 2. The Morgan fingerprint density at radius 3 is 2.38 bits per heavy atom. The monoisotopic (exact) mass is 177 g/mol. The molecule has 1 aromatic rings. The van der Waals surface area contributed by atoms with Gasteiger partial charge < -0.3 is 10.8 Å². The van der Waals surface area contributed by atoms with Crippen LogP contribution in [-0.2, 0) is 0 Å². The summed E-state index contributed by atoms with van der Waals surface area (Å²) in [5, 5.41) is 8.85. The van der Waals surface area contributed by atoms with Crippen molar-refractivity contribution in [2.45, 2.75) is 24.8 Å². The quantitative estimate of drug-likeness (QED) is 0.736. The molecule has 2 heteroatoms. The predicted octanol–water partition coefficient (Wildman–Crippen LogP) is 1.56. The van der Waals surface area contributed by atoms with E-state index in [2.05, 4.69) is 12.1 Å². The normalized spacial score (nSPS) is 18.6. The molecule has 13 heavy (non-hydrogen) atoms. The smallest absolute Gasteiger partial charge is 0.0624 e. The fraction of sp³-hybridized carbons (Fsp3) is 0.455. The fourth-order valence-electron chi connectivity index (χ4n) is 1.54. The largest absolute Gasteiger partial charge is 0.394 e. The van der Waals surface area contributed by atoms with Crippen LogP contribution < -0.4 is 5.73 Å². The van der Waals surface area contributed by atoms with Gasteiger partial charge in [0.25, 0.3) is 0 Å². The third-order valence-electron chi connectivity index (χ3n) is 2.61. The van der Waals surface area contributed by atoms with Gasteiger partial charge in [0.2, 0.25) is 0 Å². The van der Waals surface area contributed by atoms with Crippen LogP contribution in [0.1, 0.15) is 35.9 Å². The van der Waals surface area contributed by atoms with Gasteiger partial charge in [-0.25, -0.2) is 0 Å². The van der Waals surface area contributed by atoms with Crippen molar-refractivity contribution in [3.63, 3.8) is 0 Å². The van der Waals surface area contributed by atoms with E-state index in [0.717, 1.165) is 11.5 Å². The number of benzene rings is 1. The first kappa shape index (κ1) is 8.73. The SMILES string of the molecule is NC(CO)c1ccc(C2CC2)cc1. The molecule has 0 amide bonds. The van der Waals surface area contributed by atoms with Crippen molar-refractivity contribution >= 4 is 0 Å². The lowest BCUT2D eigenvalue weighted by atomic mass is 10.0. The minimum Gasteiger partial charge on any atom is -0.394 e. The third-order valence-corrected chi connectivity index (χ3v) is 2.61. The molecule has 1 unspecified atom stereocenters. The second-order valence-corrected chi connectivity index (χ2v) is 3.73. The Morgan fingerprint density at radius 2 is 1.92 bits per heavy atom. The Hall–Kier alpha value is -0.860. The van der Waals surface area contributed by atoms with Gasteiger partial charge in [0.1, 0.15) is 0 Å². The molecule has 2 rings (SSSR count). The third kappa shape index (κ3) is 1.90. The lowest BCUT2D eigenvalue weighted by molar-refractivity contribution is 0.268. The zero-order valence-electron chi connectivity index (χ0n) is 7.61. The van der Waals surface area contributed by atoms with Crippen molar-refractivity contribution in [1.82, 2.24) is 0 Å². The van der Waals surface area contributed by atoms with E-state index in [4.69, 9.17) is 10.8 Å². The summed E-state index contributed by atoms with van der Waals surface area (Å²) in [7, 11) is 0. The number of aliphatic hydroxyl groups excluding tert-OH is 1. The van der Waals surface area contributed by atoms with Crippen molar-refractivity contribution in [2.75, 3.05) is 6.61 Å². The summed E-state index contributed by atoms with van der Waals surface area (Å²) in [6.45, 7) is 0.0166. The topological polar surface area (TPSA) is 46.2 Å². The molecule has 0 heterocycles. The van der Waals surface area contributed by atoms with Crippen molar-refractivity contribution in [2.24, 2.45) is 5.73 Å². The van der Waals surface area contributed by atoms with Crippen molar-refractivity contribution in [3.05, 3.63) is 35.4 Å². The van der Waals surface area contributed by atoms with Crippen LogP contribution in [0.4, 0.5) is 0 Å². The Bertz CT molecular complexity index is 277. The molecule has 1 aliphatic carbocycles. The van der Waals surface area contributed by atoms with E-state index in [1.165, 1.54) is 18.4 Å². The summed E-state index contributed by atoms with van der Waals surface area (Å²) < 4.78 is 0. The molecular weight excluding hydrogens is 162 g/mol. The first-order valence-corrected chi connectivity index (χ1v) is 4.77. The second kappa shape index (κ2) is 3.48. The lowest BCUT2D eigenvalue weighted by Crippen LogP contribution is -2.14. The molecule has 0 aliphatic heterocycles. The first-order chi connectivity index (χ1) is 6.31. The van der Waals surface area contributed by atoms with Crippen LogP contribution in [0.15, 0.2) is 24.3 Å². The van der Waals surface area contributed by atoms with Crippen LogP contribution in [0.25, 0.3) is 0 Å². The van der Waals surface area contributed by atoms with Gasteiger partial charge in [-0.3, -0.25) is 0 Å². The molecular formula is C11H15NO. The molecule has 1 atom stereocenters. The Labute approximate surface area is 78.4 Å². The van der Waals surface area contributed by atoms with Crippen LogP contribution in [0, 0.1) is 0 Å². The van der Waals surface area contributed by atoms with Crippen LogP contribution in [0.2, 0.25) is 0 Å². The van der Waals surface area contributed by atoms with E-state index in [1.807, 2.05) is 12.1 Å². The summed E-state index contributed by atoms with van der Waals surface area (Å²) in [5.74, 6) is 0.791. The highest BCUT2D eigenvalue weighted by atomic mass is 16.3. The van der Waals surface area contributed by atoms with Crippen LogP contribution >= 0.6 is 0 Å². The fourth-order valence-corrected chi connectivity index (χ4v) is 1.54. The lowest BCUT2D eigenvalue weighted by Gasteiger charge is -2.08. The Kier molecular flexibility index (Phi) is 2.34. The summed E-state index contributed by atoms with van der Waals surface area (Å²) in [5.41, 5.74) is 8.12. The van der Waals surface area contributed by atoms with Gasteiger partial charge in [-0.2, -0.15) is 0 Å². The average Bonchev–Trinajstić information content (AvgIpc) is 3.00. The highest BCUT2D eigenvalue weighted by Gasteiger charge is 2.23. The van der Waals surface area contributed by atoms with Crippen LogP contribution in [0.3, 0.4) is 0 Å². The van der Waals surface area contributed by atoms with Gasteiger partial charge in [0, 0.05) is 0 Å². The van der Waals surface area contributed by atoms with Gasteiger partial charge in [-0.15, -0.1) is 0 Å². The highest BCUT2D eigenvalue weighted by Crippen LogP contribution is 2.40. The summed E-state index contributed by atoms with van der Waals surface area (Å²) in [6.07, 6.45) is 2.65. The Balaban J connectivity index is 2.12. The van der Waals surface area contributed by atoms with E-state index < -0.39 is 0 Å². The van der Waals surface area contributed by atoms with E-state index in [1.54, 1.807) is 0 Å². The molecule has 1 aliphatic rings. The van der Waals surface area contributed by atoms with Crippen molar-refractivity contribution in [1.29, 1.82) is 0 Å². The molecule has 0 radical (unpaired) electrons. The molecule has 0 bridgehead atoms. The minimum atomic E-state index is -0.228. The molecule has 1 saturated carbocycles. The Morgan fingerprint density at radius 1 is 1.31 bits per heavy atom. The molecule has 0 spiro atoms. The zero-order chi connectivity index (χ0) is 9.26. The summed E-state index contributed by atoms with van der Waals surface area (Å²) in [4.78, 5) is 0. The van der Waals surface area contributed by atoms with Gasteiger partial charge in [-0.1, -0.05) is 24.3 Å². The molecule has 70 valence electrons. The standard InChI is InChI=1S/C11H15NO/c12-11(7-13)10-5-3-9(4-6-10)8-1-2-8/h3-6,8,11,13H,1-2,7,12H2. The number of nitrogens with two attached hydrogens (primary N) is 1. The first-order valence-electron chi connectivity index (χ1n) is 4.77. The van der Waals surface area contributed by atoms with E-state index in [0.29, 0.717) is 0 Å². The molecule has 0 saturated heterocycles. The van der Waals surface area contributed by atoms with E-state index in [-0.39, 0.29) is 12.6 Å². The maximum Gasteiger partial charge on any atom is 0.0624 e. The predicted molar refractivity (Wildman–Crippen MR) is 52.4 cm³/mol. The van der Waals surface area contributed by atoms with Crippen molar-refractivity contribution in [3.8, 4) is 0 Å².